The Bertz CT molecular complexity index is 727. The van der Waals surface area contributed by atoms with Gasteiger partial charge in [0.05, 0.1) is 11.3 Å². The van der Waals surface area contributed by atoms with Crippen molar-refractivity contribution in [1.82, 2.24) is 0 Å². The van der Waals surface area contributed by atoms with Crippen molar-refractivity contribution < 1.29 is 22.8 Å². The van der Waals surface area contributed by atoms with Crippen LogP contribution in [0.2, 0.25) is 0 Å². The Morgan fingerprint density at radius 2 is 1.54 bits per heavy atom. The second-order valence-electron chi connectivity index (χ2n) is 5.25. The summed E-state index contributed by atoms with van der Waals surface area (Å²) in [4.78, 5) is 24.8. The van der Waals surface area contributed by atoms with Gasteiger partial charge in [-0.05, 0) is 24.1 Å². The molecule has 0 aliphatic carbocycles. The van der Waals surface area contributed by atoms with Crippen LogP contribution in [0.4, 0.5) is 18.9 Å². The predicted molar refractivity (Wildman–Crippen MR) is 84.4 cm³/mol. The van der Waals surface area contributed by atoms with Crippen molar-refractivity contribution in [1.29, 1.82) is 0 Å². The summed E-state index contributed by atoms with van der Waals surface area (Å²) in [6, 6.07) is 13.6. The lowest BCUT2D eigenvalue weighted by Gasteiger charge is -2.23. The molecule has 0 atom stereocenters. The van der Waals surface area contributed by atoms with Crippen molar-refractivity contribution in [3.63, 3.8) is 0 Å². The second kappa shape index (κ2) is 7.29. The van der Waals surface area contributed by atoms with Gasteiger partial charge in [0.1, 0.15) is 0 Å². The summed E-state index contributed by atoms with van der Waals surface area (Å²) in [5.74, 6) is -1.41. The van der Waals surface area contributed by atoms with Crippen LogP contribution < -0.4 is 4.90 Å². The summed E-state index contributed by atoms with van der Waals surface area (Å²) in [6.45, 7) is 1.08. The molecule has 0 N–H and O–H groups in total. The van der Waals surface area contributed by atoms with Crippen molar-refractivity contribution in [3.05, 3.63) is 65.7 Å². The van der Waals surface area contributed by atoms with Crippen LogP contribution in [0.25, 0.3) is 0 Å². The molecule has 2 aromatic carbocycles. The van der Waals surface area contributed by atoms with Crippen LogP contribution >= 0.6 is 0 Å². The molecular formula is C18H16F3NO2. The number of aryl methyl sites for hydroxylation is 1. The molecule has 0 spiro atoms. The highest BCUT2D eigenvalue weighted by Crippen LogP contribution is 2.36. The van der Waals surface area contributed by atoms with Crippen molar-refractivity contribution in [2.75, 3.05) is 4.90 Å². The van der Waals surface area contributed by atoms with Crippen LogP contribution in [0, 0.1) is 0 Å². The number of alkyl halides is 3. The lowest BCUT2D eigenvalue weighted by molar-refractivity contribution is -0.137. The van der Waals surface area contributed by atoms with Crippen LogP contribution in [0.1, 0.15) is 24.5 Å². The van der Waals surface area contributed by atoms with Crippen LogP contribution in [0.3, 0.4) is 0 Å². The zero-order valence-electron chi connectivity index (χ0n) is 13.0. The highest BCUT2D eigenvalue weighted by atomic mass is 19.4. The van der Waals surface area contributed by atoms with Gasteiger partial charge in [0.25, 0.3) is 0 Å². The van der Waals surface area contributed by atoms with E-state index in [1.807, 2.05) is 30.3 Å². The zero-order valence-corrected chi connectivity index (χ0v) is 13.0. The number of rotatable bonds is 4. The number of halogens is 3. The third-order valence-corrected chi connectivity index (χ3v) is 3.49. The summed E-state index contributed by atoms with van der Waals surface area (Å²) in [6.07, 6.45) is -4.36. The first-order valence-electron chi connectivity index (χ1n) is 7.34. The number of benzene rings is 2. The predicted octanol–water partition coefficient (Wildman–Crippen LogP) is 4.22. The lowest BCUT2D eigenvalue weighted by Crippen LogP contribution is -2.36. The number of carbonyl (C=O) groups is 2. The van der Waals surface area contributed by atoms with E-state index in [1.165, 1.54) is 12.1 Å². The van der Waals surface area contributed by atoms with Gasteiger partial charge in [-0.15, -0.1) is 0 Å². The summed E-state index contributed by atoms with van der Waals surface area (Å²) in [5.41, 5.74) is -0.567. The van der Waals surface area contributed by atoms with Gasteiger partial charge >= 0.3 is 6.18 Å². The first-order valence-corrected chi connectivity index (χ1v) is 7.34. The summed E-state index contributed by atoms with van der Waals surface area (Å²) < 4.78 is 39.4. The smallest absolute Gasteiger partial charge is 0.274 e. The normalized spacial score (nSPS) is 11.2. The van der Waals surface area contributed by atoms with E-state index in [1.54, 1.807) is 0 Å². The van der Waals surface area contributed by atoms with Gasteiger partial charge in [-0.2, -0.15) is 13.2 Å². The second-order valence-corrected chi connectivity index (χ2v) is 5.25. The monoisotopic (exact) mass is 335 g/mol. The fourth-order valence-electron chi connectivity index (χ4n) is 2.40. The van der Waals surface area contributed by atoms with Gasteiger partial charge in [0.2, 0.25) is 11.8 Å². The Morgan fingerprint density at radius 3 is 2.12 bits per heavy atom. The maximum absolute atomic E-state index is 13.1. The Hall–Kier alpha value is -2.63. The fourth-order valence-corrected chi connectivity index (χ4v) is 2.40. The van der Waals surface area contributed by atoms with Gasteiger partial charge < -0.3 is 0 Å². The maximum Gasteiger partial charge on any atom is 0.418 e. The number of para-hydroxylation sites is 1. The van der Waals surface area contributed by atoms with E-state index >= 15 is 0 Å². The van der Waals surface area contributed by atoms with Gasteiger partial charge in [-0.3, -0.25) is 14.5 Å². The molecule has 0 aliphatic heterocycles. The van der Waals surface area contributed by atoms with Gasteiger partial charge in [-0.1, -0.05) is 42.5 Å². The molecular weight excluding hydrogens is 319 g/mol. The van der Waals surface area contributed by atoms with E-state index in [2.05, 4.69) is 0 Å². The van der Waals surface area contributed by atoms with E-state index in [0.29, 0.717) is 11.3 Å². The number of imide groups is 1. The molecule has 6 heteroatoms. The van der Waals surface area contributed by atoms with Crippen molar-refractivity contribution in [3.8, 4) is 0 Å². The molecule has 0 saturated carbocycles. The molecule has 0 fully saturated rings. The Labute approximate surface area is 137 Å². The molecule has 2 amide bonds. The average Bonchev–Trinajstić information content (AvgIpc) is 2.53. The summed E-state index contributed by atoms with van der Waals surface area (Å²) >= 11 is 0. The molecule has 126 valence electrons. The Balaban J connectivity index is 2.27. The Kier molecular flexibility index (Phi) is 5.39. The molecule has 0 bridgehead atoms. The standard InChI is InChI=1S/C18H16F3NO2/c1-13(23)22(16-10-6-5-9-15(16)18(19,20)21)17(24)12-11-14-7-3-2-4-8-14/h2-10H,11-12H2,1H3. The molecule has 2 aromatic rings. The molecule has 0 radical (unpaired) electrons. The van der Waals surface area contributed by atoms with Crippen LogP contribution in [0.15, 0.2) is 54.6 Å². The SMILES string of the molecule is CC(=O)N(C(=O)CCc1ccccc1)c1ccccc1C(F)(F)F. The van der Waals surface area contributed by atoms with E-state index in [0.717, 1.165) is 24.6 Å². The summed E-state index contributed by atoms with van der Waals surface area (Å²) in [5, 5.41) is 0. The summed E-state index contributed by atoms with van der Waals surface area (Å²) in [7, 11) is 0. The minimum Gasteiger partial charge on any atom is -0.274 e. The van der Waals surface area contributed by atoms with Crippen LogP contribution in [-0.2, 0) is 22.2 Å². The van der Waals surface area contributed by atoms with E-state index in [4.69, 9.17) is 0 Å². The number of amides is 2. The van der Waals surface area contributed by atoms with E-state index in [-0.39, 0.29) is 6.42 Å². The molecule has 0 aliphatic rings. The third kappa shape index (κ3) is 4.22. The molecule has 0 saturated heterocycles. The zero-order chi connectivity index (χ0) is 17.7. The molecule has 0 heterocycles. The molecule has 0 unspecified atom stereocenters. The largest absolute Gasteiger partial charge is 0.418 e. The van der Waals surface area contributed by atoms with Crippen molar-refractivity contribution in [2.24, 2.45) is 0 Å². The quantitative estimate of drug-likeness (QED) is 0.839. The average molecular weight is 335 g/mol. The maximum atomic E-state index is 13.1. The minimum absolute atomic E-state index is 0.0597. The van der Waals surface area contributed by atoms with Gasteiger partial charge in [0, 0.05) is 13.3 Å². The van der Waals surface area contributed by atoms with Gasteiger partial charge in [0.15, 0.2) is 0 Å². The first-order chi connectivity index (χ1) is 11.3. The molecule has 3 nitrogen and oxygen atoms in total. The van der Waals surface area contributed by atoms with Crippen LogP contribution in [-0.4, -0.2) is 11.8 Å². The number of hydrogen-bond donors (Lipinski definition) is 0. The fraction of sp³-hybridized carbons (Fsp3) is 0.222. The van der Waals surface area contributed by atoms with Crippen molar-refractivity contribution in [2.45, 2.75) is 25.9 Å². The first kappa shape index (κ1) is 17.7. The molecule has 24 heavy (non-hydrogen) atoms. The lowest BCUT2D eigenvalue weighted by atomic mass is 10.1. The number of anilines is 1. The third-order valence-electron chi connectivity index (χ3n) is 3.49. The highest BCUT2D eigenvalue weighted by Gasteiger charge is 2.36. The van der Waals surface area contributed by atoms with Gasteiger partial charge in [-0.25, -0.2) is 0 Å². The molecule has 0 aromatic heterocycles. The minimum atomic E-state index is -4.65. The van der Waals surface area contributed by atoms with E-state index < -0.39 is 29.2 Å². The number of hydrogen-bond acceptors (Lipinski definition) is 2. The Morgan fingerprint density at radius 1 is 0.958 bits per heavy atom. The van der Waals surface area contributed by atoms with E-state index in [9.17, 15) is 22.8 Å². The number of carbonyl (C=O) groups excluding carboxylic acids is 2. The number of nitrogens with zero attached hydrogens (tertiary/aromatic N) is 1. The molecule has 2 rings (SSSR count). The van der Waals surface area contributed by atoms with Crippen molar-refractivity contribution >= 4 is 17.5 Å². The highest BCUT2D eigenvalue weighted by molar-refractivity contribution is 6.14. The topological polar surface area (TPSA) is 37.4 Å². The van der Waals surface area contributed by atoms with Crippen LogP contribution in [0.5, 0.6) is 0 Å².